The van der Waals surface area contributed by atoms with Gasteiger partial charge in [0.25, 0.3) is 0 Å². The Morgan fingerprint density at radius 1 is 1.15 bits per heavy atom. The summed E-state index contributed by atoms with van der Waals surface area (Å²) in [6, 6.07) is 16.7. The van der Waals surface area contributed by atoms with Crippen LogP contribution in [0.25, 0.3) is 5.69 Å². The molecule has 3 aromatic rings. The van der Waals surface area contributed by atoms with E-state index in [4.69, 9.17) is 34.3 Å². The number of rotatable bonds is 7. The normalized spacial score (nSPS) is 10.3. The van der Waals surface area contributed by atoms with Crippen molar-refractivity contribution in [1.82, 2.24) is 14.3 Å². The van der Waals surface area contributed by atoms with Gasteiger partial charge in [-0.15, -0.1) is 0 Å². The van der Waals surface area contributed by atoms with E-state index in [1.54, 1.807) is 28.9 Å². The Balaban J connectivity index is 0.00000261. The van der Waals surface area contributed by atoms with Crippen molar-refractivity contribution in [3.05, 3.63) is 70.2 Å². The quantitative estimate of drug-likeness (QED) is 0.440. The Hall–Kier alpha value is -2.12. The molecule has 0 aliphatic carbocycles. The van der Waals surface area contributed by atoms with Crippen molar-refractivity contribution >= 4 is 29.7 Å². The van der Waals surface area contributed by atoms with E-state index in [0.29, 0.717) is 27.9 Å². The third kappa shape index (κ3) is 5.43. The number of carbonyl (C=O) groups is 1. The number of amides is 1. The molecule has 0 fully saturated rings. The zero-order valence-corrected chi connectivity index (χ0v) is 16.7. The van der Waals surface area contributed by atoms with Gasteiger partial charge in [-0.1, -0.05) is 29.8 Å². The van der Waals surface area contributed by atoms with Crippen LogP contribution in [0.5, 0.6) is 5.75 Å². The smallest absolute Gasteiger partial charge is 0.219 e. The van der Waals surface area contributed by atoms with Crippen LogP contribution in [0, 0.1) is 4.77 Å². The third-order valence-electron chi connectivity index (χ3n) is 3.67. The third-order valence-corrected chi connectivity index (χ3v) is 4.32. The Morgan fingerprint density at radius 2 is 1.81 bits per heavy atom. The van der Waals surface area contributed by atoms with E-state index in [-0.39, 0.29) is 30.1 Å². The predicted octanol–water partition coefficient (Wildman–Crippen LogP) is 3.51. The molecule has 1 amide bonds. The fraction of sp³-hybridized carbons (Fsp3) is 0.167. The van der Waals surface area contributed by atoms with Gasteiger partial charge in [0.2, 0.25) is 10.7 Å². The fourth-order valence-corrected chi connectivity index (χ4v) is 2.89. The number of aryl methyl sites for hydroxylation is 1. The molecule has 6 nitrogen and oxygen atoms in total. The zero-order valence-electron chi connectivity index (χ0n) is 14.1. The molecule has 0 spiro atoms. The number of benzene rings is 2. The second kappa shape index (κ2) is 9.71. The summed E-state index contributed by atoms with van der Waals surface area (Å²) in [5.41, 5.74) is 6.11. The molecule has 3 rings (SSSR count). The molecule has 0 saturated heterocycles. The van der Waals surface area contributed by atoms with E-state index in [1.807, 2.05) is 34.9 Å². The summed E-state index contributed by atoms with van der Waals surface area (Å²) in [6.07, 6.45) is 0.164. The maximum atomic E-state index is 11.1. The van der Waals surface area contributed by atoms with Crippen molar-refractivity contribution in [2.24, 2.45) is 5.73 Å². The molecular formula is C18H17ClCuN4O2S. The average molecular weight is 452 g/mol. The van der Waals surface area contributed by atoms with Crippen LogP contribution in [0.15, 0.2) is 54.6 Å². The van der Waals surface area contributed by atoms with E-state index in [2.05, 4.69) is 5.10 Å². The van der Waals surface area contributed by atoms with Gasteiger partial charge in [0.05, 0.1) is 6.54 Å². The summed E-state index contributed by atoms with van der Waals surface area (Å²) in [5.74, 6) is 0.896. The summed E-state index contributed by atoms with van der Waals surface area (Å²) in [5, 5.41) is 5.15. The number of para-hydroxylation sites is 1. The van der Waals surface area contributed by atoms with Gasteiger partial charge in [0.1, 0.15) is 12.4 Å². The molecule has 27 heavy (non-hydrogen) atoms. The van der Waals surface area contributed by atoms with Gasteiger partial charge in [-0.2, -0.15) is 5.10 Å². The number of primary amides is 1. The van der Waals surface area contributed by atoms with Crippen LogP contribution in [-0.4, -0.2) is 20.3 Å². The van der Waals surface area contributed by atoms with E-state index in [9.17, 15) is 4.79 Å². The number of hydrogen-bond donors (Lipinski definition) is 1. The van der Waals surface area contributed by atoms with Crippen molar-refractivity contribution in [3.63, 3.8) is 0 Å². The number of carbonyl (C=O) groups excluding carboxylic acids is 1. The van der Waals surface area contributed by atoms with Gasteiger partial charge in [-0.05, 0) is 48.6 Å². The molecular weight excluding hydrogens is 435 g/mol. The predicted molar refractivity (Wildman–Crippen MR) is 102 cm³/mol. The maximum absolute atomic E-state index is 11.1. The van der Waals surface area contributed by atoms with Crippen LogP contribution in [0.2, 0.25) is 5.02 Å². The van der Waals surface area contributed by atoms with E-state index in [0.717, 1.165) is 5.69 Å². The Bertz CT molecular complexity index is 958. The van der Waals surface area contributed by atoms with Gasteiger partial charge >= 0.3 is 0 Å². The number of nitrogens with two attached hydrogens (primary N) is 1. The van der Waals surface area contributed by atoms with Crippen LogP contribution < -0.4 is 10.5 Å². The maximum Gasteiger partial charge on any atom is 0.219 e. The van der Waals surface area contributed by atoms with Crippen molar-refractivity contribution < 1.29 is 26.6 Å². The molecule has 9 heteroatoms. The molecule has 1 radical (unpaired) electrons. The Labute approximate surface area is 177 Å². The van der Waals surface area contributed by atoms with E-state index in [1.165, 1.54) is 0 Å². The van der Waals surface area contributed by atoms with Crippen LogP contribution in [-0.2, 0) is 35.0 Å². The minimum Gasteiger partial charge on any atom is -0.486 e. The molecule has 2 aromatic carbocycles. The molecule has 0 saturated carbocycles. The van der Waals surface area contributed by atoms with Crippen molar-refractivity contribution in [2.75, 3.05) is 0 Å². The Morgan fingerprint density at radius 3 is 2.44 bits per heavy atom. The van der Waals surface area contributed by atoms with Crippen LogP contribution in [0.1, 0.15) is 12.2 Å². The molecule has 0 aliphatic rings. The monoisotopic (exact) mass is 451 g/mol. The average Bonchev–Trinajstić information content (AvgIpc) is 2.96. The second-order valence-electron chi connectivity index (χ2n) is 5.55. The molecule has 0 bridgehead atoms. The minimum absolute atomic E-state index is 0. The van der Waals surface area contributed by atoms with E-state index >= 15 is 0 Å². The fourth-order valence-electron chi connectivity index (χ4n) is 2.42. The largest absolute Gasteiger partial charge is 0.486 e. The molecule has 2 N–H and O–H groups in total. The minimum atomic E-state index is -0.403. The second-order valence-corrected chi connectivity index (χ2v) is 6.35. The first-order valence-electron chi connectivity index (χ1n) is 7.95. The van der Waals surface area contributed by atoms with Crippen LogP contribution >= 0.6 is 23.8 Å². The molecule has 0 aliphatic heterocycles. The van der Waals surface area contributed by atoms with Crippen molar-refractivity contribution in [3.8, 4) is 11.4 Å². The van der Waals surface area contributed by atoms with Gasteiger partial charge in [0, 0.05) is 34.2 Å². The van der Waals surface area contributed by atoms with Crippen LogP contribution in [0.3, 0.4) is 0 Å². The number of hydrogen-bond acceptors (Lipinski definition) is 4. The van der Waals surface area contributed by atoms with Crippen molar-refractivity contribution in [1.29, 1.82) is 0 Å². The molecule has 0 atom stereocenters. The SMILES string of the molecule is NC(=O)CCn1nc(COc2ccc(Cl)cc2)n(-c2ccccc2)c1=S.[Cu]. The number of halogens is 1. The van der Waals surface area contributed by atoms with Gasteiger partial charge < -0.3 is 10.5 Å². The summed E-state index contributed by atoms with van der Waals surface area (Å²) in [7, 11) is 0. The van der Waals surface area contributed by atoms with Gasteiger partial charge in [0.15, 0.2) is 5.82 Å². The summed E-state index contributed by atoms with van der Waals surface area (Å²) < 4.78 is 9.71. The van der Waals surface area contributed by atoms with Crippen LogP contribution in [0.4, 0.5) is 0 Å². The number of nitrogens with zero attached hydrogens (tertiary/aromatic N) is 3. The van der Waals surface area contributed by atoms with Crippen molar-refractivity contribution in [2.45, 2.75) is 19.6 Å². The Kier molecular flexibility index (Phi) is 7.62. The number of aromatic nitrogens is 3. The zero-order chi connectivity index (χ0) is 18.5. The standard InChI is InChI=1S/C18H17ClN4O2S.Cu/c19-13-6-8-15(9-7-13)25-12-17-21-22(11-10-16(20)24)18(26)23(17)14-4-2-1-3-5-14;/h1-9H,10-12H2,(H2,20,24);. The molecule has 1 heterocycles. The van der Waals surface area contributed by atoms with Gasteiger partial charge in [-0.25, -0.2) is 4.68 Å². The molecule has 0 unspecified atom stereocenters. The first kappa shape index (κ1) is 21.2. The molecule has 1 aromatic heterocycles. The first-order valence-corrected chi connectivity index (χ1v) is 8.74. The van der Waals surface area contributed by atoms with Gasteiger partial charge in [-0.3, -0.25) is 9.36 Å². The first-order chi connectivity index (χ1) is 12.5. The summed E-state index contributed by atoms with van der Waals surface area (Å²) in [6.45, 7) is 0.533. The summed E-state index contributed by atoms with van der Waals surface area (Å²) in [4.78, 5) is 11.1. The summed E-state index contributed by atoms with van der Waals surface area (Å²) >= 11 is 11.4. The van der Waals surface area contributed by atoms with E-state index < -0.39 is 5.91 Å². The molecule has 145 valence electrons. The topological polar surface area (TPSA) is 75.1 Å². The number of ether oxygens (including phenoxy) is 1.